The average Bonchev–Trinajstić information content (AvgIpc) is 2.69. The highest BCUT2D eigenvalue weighted by Crippen LogP contribution is 2.18. The highest BCUT2D eigenvalue weighted by Gasteiger charge is 2.07. The first-order valence-corrected chi connectivity index (χ1v) is 8.36. The molecule has 0 aliphatic heterocycles. The zero-order valence-corrected chi connectivity index (χ0v) is 14.4. The summed E-state index contributed by atoms with van der Waals surface area (Å²) < 4.78 is 32.3. The van der Waals surface area contributed by atoms with Crippen molar-refractivity contribution in [1.29, 1.82) is 0 Å². The first-order chi connectivity index (χ1) is 13.1. The Bertz CT molecular complexity index is 900. The van der Waals surface area contributed by atoms with Gasteiger partial charge in [0, 0.05) is 5.69 Å². The minimum Gasteiger partial charge on any atom is -0.489 e. The highest BCUT2D eigenvalue weighted by molar-refractivity contribution is 5.93. The van der Waals surface area contributed by atoms with Gasteiger partial charge in [-0.1, -0.05) is 30.3 Å². The van der Waals surface area contributed by atoms with Crippen LogP contribution in [0.25, 0.3) is 0 Å². The van der Waals surface area contributed by atoms with E-state index in [-0.39, 0.29) is 18.1 Å². The summed E-state index contributed by atoms with van der Waals surface area (Å²) in [7, 11) is 0. The third kappa shape index (κ3) is 5.54. The second-order valence-electron chi connectivity index (χ2n) is 5.82. The van der Waals surface area contributed by atoms with Crippen LogP contribution in [0.1, 0.15) is 5.56 Å². The van der Waals surface area contributed by atoms with Gasteiger partial charge in [0.25, 0.3) is 0 Å². The molecule has 2 N–H and O–H groups in total. The molecular formula is C21H18F2N2O2. The highest BCUT2D eigenvalue weighted by atomic mass is 19.1. The maximum absolute atomic E-state index is 13.5. The van der Waals surface area contributed by atoms with Crippen molar-refractivity contribution < 1.29 is 18.3 Å². The minimum atomic E-state index is -0.621. The van der Waals surface area contributed by atoms with Crippen molar-refractivity contribution in [2.45, 2.75) is 6.61 Å². The number of hydrogen-bond donors (Lipinski definition) is 2. The van der Waals surface area contributed by atoms with Crippen LogP contribution in [0.3, 0.4) is 0 Å². The molecule has 6 heteroatoms. The Morgan fingerprint density at radius 3 is 2.41 bits per heavy atom. The third-order valence-corrected chi connectivity index (χ3v) is 3.75. The lowest BCUT2D eigenvalue weighted by Crippen LogP contribution is -2.22. The van der Waals surface area contributed by atoms with Crippen LogP contribution in [-0.4, -0.2) is 12.5 Å². The van der Waals surface area contributed by atoms with Gasteiger partial charge in [-0.25, -0.2) is 8.78 Å². The van der Waals surface area contributed by atoms with Crippen LogP contribution in [0.5, 0.6) is 5.75 Å². The molecular weight excluding hydrogens is 350 g/mol. The molecule has 3 rings (SSSR count). The van der Waals surface area contributed by atoms with Crippen molar-refractivity contribution in [3.05, 3.63) is 90.0 Å². The van der Waals surface area contributed by atoms with Gasteiger partial charge >= 0.3 is 0 Å². The van der Waals surface area contributed by atoms with E-state index < -0.39 is 11.6 Å². The van der Waals surface area contributed by atoms with Crippen LogP contribution in [0, 0.1) is 11.6 Å². The molecule has 0 radical (unpaired) electrons. The summed E-state index contributed by atoms with van der Waals surface area (Å²) in [5.74, 6) is -0.900. The van der Waals surface area contributed by atoms with Gasteiger partial charge in [0.1, 0.15) is 24.0 Å². The number of carbonyl (C=O) groups excluding carboxylic acids is 1. The normalized spacial score (nSPS) is 10.3. The van der Waals surface area contributed by atoms with Gasteiger partial charge in [0.15, 0.2) is 0 Å². The number of hydrogen-bond acceptors (Lipinski definition) is 3. The monoisotopic (exact) mass is 368 g/mol. The Morgan fingerprint density at radius 2 is 1.67 bits per heavy atom. The molecule has 0 bridgehead atoms. The average molecular weight is 368 g/mol. The Balaban J connectivity index is 1.48. The summed E-state index contributed by atoms with van der Waals surface area (Å²) in [6, 6.07) is 19.7. The summed E-state index contributed by atoms with van der Waals surface area (Å²) in [4.78, 5) is 12.0. The number of nitrogens with one attached hydrogen (secondary N) is 2. The van der Waals surface area contributed by atoms with Gasteiger partial charge in [0.2, 0.25) is 5.91 Å². The number of carbonyl (C=O) groups is 1. The molecule has 0 heterocycles. The Morgan fingerprint density at radius 1 is 0.926 bits per heavy atom. The number of halogens is 2. The second kappa shape index (κ2) is 8.80. The SMILES string of the molecule is O=C(CNc1cc(F)ccc1F)Nc1ccc(OCc2ccccc2)cc1. The van der Waals surface area contributed by atoms with Gasteiger partial charge < -0.3 is 15.4 Å². The van der Waals surface area contributed by atoms with Crippen molar-refractivity contribution in [2.24, 2.45) is 0 Å². The van der Waals surface area contributed by atoms with Gasteiger partial charge in [-0.3, -0.25) is 4.79 Å². The smallest absolute Gasteiger partial charge is 0.243 e. The molecule has 0 saturated heterocycles. The van der Waals surface area contributed by atoms with E-state index in [1.54, 1.807) is 24.3 Å². The first-order valence-electron chi connectivity index (χ1n) is 8.36. The molecule has 138 valence electrons. The van der Waals surface area contributed by atoms with Crippen molar-refractivity contribution in [2.75, 3.05) is 17.2 Å². The number of amides is 1. The summed E-state index contributed by atoms with van der Waals surface area (Å²) >= 11 is 0. The van der Waals surface area contributed by atoms with E-state index in [4.69, 9.17) is 4.74 Å². The van der Waals surface area contributed by atoms with E-state index in [2.05, 4.69) is 10.6 Å². The van der Waals surface area contributed by atoms with E-state index in [0.29, 0.717) is 18.0 Å². The summed E-state index contributed by atoms with van der Waals surface area (Å²) in [5.41, 5.74) is 1.58. The second-order valence-corrected chi connectivity index (χ2v) is 5.82. The van der Waals surface area contributed by atoms with Gasteiger partial charge in [0.05, 0.1) is 12.2 Å². The number of benzene rings is 3. The zero-order valence-electron chi connectivity index (χ0n) is 14.4. The number of ether oxygens (including phenoxy) is 1. The third-order valence-electron chi connectivity index (χ3n) is 3.75. The van der Waals surface area contributed by atoms with Crippen LogP contribution in [0.4, 0.5) is 20.2 Å². The Hall–Kier alpha value is -3.41. The van der Waals surface area contributed by atoms with Crippen molar-refractivity contribution in [3.63, 3.8) is 0 Å². The van der Waals surface area contributed by atoms with Crippen LogP contribution >= 0.6 is 0 Å². The van der Waals surface area contributed by atoms with Gasteiger partial charge in [-0.15, -0.1) is 0 Å². The fourth-order valence-electron chi connectivity index (χ4n) is 2.39. The van der Waals surface area contributed by atoms with Crippen molar-refractivity contribution >= 4 is 17.3 Å². The van der Waals surface area contributed by atoms with Crippen molar-refractivity contribution in [1.82, 2.24) is 0 Å². The number of rotatable bonds is 7. The molecule has 0 unspecified atom stereocenters. The summed E-state index contributed by atoms with van der Waals surface area (Å²) in [5, 5.41) is 5.25. The molecule has 0 atom stereocenters. The lowest BCUT2D eigenvalue weighted by molar-refractivity contribution is -0.114. The lowest BCUT2D eigenvalue weighted by atomic mass is 10.2. The van der Waals surface area contributed by atoms with E-state index in [1.807, 2.05) is 30.3 Å². The van der Waals surface area contributed by atoms with Crippen LogP contribution in [-0.2, 0) is 11.4 Å². The largest absolute Gasteiger partial charge is 0.489 e. The maximum Gasteiger partial charge on any atom is 0.243 e. The standard InChI is InChI=1S/C21H18F2N2O2/c22-16-6-11-19(23)20(12-16)24-13-21(26)25-17-7-9-18(10-8-17)27-14-15-4-2-1-3-5-15/h1-12,24H,13-14H2,(H,25,26). The van der Waals surface area contributed by atoms with E-state index >= 15 is 0 Å². The minimum absolute atomic E-state index is 0.0604. The molecule has 4 nitrogen and oxygen atoms in total. The first kappa shape index (κ1) is 18.4. The molecule has 0 saturated carbocycles. The van der Waals surface area contributed by atoms with E-state index in [1.165, 1.54) is 0 Å². The molecule has 0 aliphatic carbocycles. The molecule has 0 aromatic heterocycles. The predicted octanol–water partition coefficient (Wildman–Crippen LogP) is 4.59. The van der Waals surface area contributed by atoms with Gasteiger partial charge in [-0.05, 0) is 48.0 Å². The molecule has 0 aliphatic rings. The Labute approximate surface area is 155 Å². The topological polar surface area (TPSA) is 50.4 Å². The lowest BCUT2D eigenvalue weighted by Gasteiger charge is -2.10. The van der Waals surface area contributed by atoms with E-state index in [0.717, 1.165) is 23.8 Å². The summed E-state index contributed by atoms with van der Waals surface area (Å²) in [6.45, 7) is 0.266. The summed E-state index contributed by atoms with van der Waals surface area (Å²) in [6.07, 6.45) is 0. The van der Waals surface area contributed by atoms with Crippen LogP contribution in [0.2, 0.25) is 0 Å². The molecule has 1 amide bonds. The van der Waals surface area contributed by atoms with Crippen molar-refractivity contribution in [3.8, 4) is 5.75 Å². The predicted molar refractivity (Wildman–Crippen MR) is 101 cm³/mol. The molecule has 0 fully saturated rings. The zero-order chi connectivity index (χ0) is 19.1. The van der Waals surface area contributed by atoms with Gasteiger partial charge in [-0.2, -0.15) is 0 Å². The quantitative estimate of drug-likeness (QED) is 0.641. The molecule has 3 aromatic carbocycles. The number of anilines is 2. The Kier molecular flexibility index (Phi) is 5.99. The maximum atomic E-state index is 13.5. The van der Waals surface area contributed by atoms with Crippen LogP contribution < -0.4 is 15.4 Å². The molecule has 3 aromatic rings. The molecule has 27 heavy (non-hydrogen) atoms. The van der Waals surface area contributed by atoms with E-state index in [9.17, 15) is 13.6 Å². The molecule has 0 spiro atoms. The fraction of sp³-hybridized carbons (Fsp3) is 0.0952. The van der Waals surface area contributed by atoms with Crippen LogP contribution in [0.15, 0.2) is 72.8 Å². The fourth-order valence-corrected chi connectivity index (χ4v) is 2.39.